The maximum absolute atomic E-state index is 12.3. The van der Waals surface area contributed by atoms with Crippen molar-refractivity contribution in [2.45, 2.75) is 31.7 Å². The van der Waals surface area contributed by atoms with Gasteiger partial charge >= 0.3 is 0 Å². The van der Waals surface area contributed by atoms with Crippen LogP contribution in [0.5, 0.6) is 0 Å². The molecule has 1 rings (SSSR count). The van der Waals surface area contributed by atoms with E-state index in [0.717, 1.165) is 0 Å². The van der Waals surface area contributed by atoms with Gasteiger partial charge in [0.25, 0.3) is 0 Å². The second-order valence-electron chi connectivity index (χ2n) is 5.00. The highest BCUT2D eigenvalue weighted by atomic mass is 32.2. The molecule has 0 aliphatic carbocycles. The lowest BCUT2D eigenvalue weighted by molar-refractivity contribution is 0.278. The van der Waals surface area contributed by atoms with E-state index >= 15 is 0 Å². The van der Waals surface area contributed by atoms with Crippen molar-refractivity contribution in [3.63, 3.8) is 0 Å². The van der Waals surface area contributed by atoms with Crippen molar-refractivity contribution >= 4 is 15.7 Å². The van der Waals surface area contributed by atoms with Crippen molar-refractivity contribution in [2.75, 3.05) is 32.0 Å². The van der Waals surface area contributed by atoms with Crippen molar-refractivity contribution in [1.82, 2.24) is 9.62 Å². The van der Waals surface area contributed by atoms with Crippen LogP contribution < -0.4 is 10.0 Å². The first kappa shape index (κ1) is 16.9. The molecule has 0 saturated carbocycles. The quantitative estimate of drug-likeness (QED) is 0.767. The number of para-hydroxylation sites is 1. The standard InChI is InChI=1S/C14H25N3O2S/c1-5-15-13-8-6-7-9-14(13)20(18,19)16-10-11-17(4)12(2)3/h6-9,12,15-16H,5,10-11H2,1-4H3. The number of nitrogens with zero attached hydrogens (tertiary/aromatic N) is 1. The van der Waals surface area contributed by atoms with Crippen LogP contribution in [0.4, 0.5) is 5.69 Å². The predicted octanol–water partition coefficient (Wildman–Crippen LogP) is 1.74. The minimum absolute atomic E-state index is 0.300. The van der Waals surface area contributed by atoms with Crippen molar-refractivity contribution in [3.05, 3.63) is 24.3 Å². The third-order valence-corrected chi connectivity index (χ3v) is 4.70. The second-order valence-corrected chi connectivity index (χ2v) is 6.73. The van der Waals surface area contributed by atoms with E-state index in [9.17, 15) is 8.42 Å². The van der Waals surface area contributed by atoms with Gasteiger partial charge in [0.2, 0.25) is 10.0 Å². The lowest BCUT2D eigenvalue weighted by Gasteiger charge is -2.21. The van der Waals surface area contributed by atoms with E-state index in [1.54, 1.807) is 18.2 Å². The third kappa shape index (κ3) is 4.77. The van der Waals surface area contributed by atoms with Crippen LogP contribution in [0.25, 0.3) is 0 Å². The predicted molar refractivity (Wildman–Crippen MR) is 83.6 cm³/mol. The van der Waals surface area contributed by atoms with Gasteiger partial charge in [0.15, 0.2) is 0 Å². The summed E-state index contributed by atoms with van der Waals surface area (Å²) in [6, 6.07) is 7.35. The summed E-state index contributed by atoms with van der Waals surface area (Å²) in [6.07, 6.45) is 0. The molecule has 0 bridgehead atoms. The Labute approximate surface area is 122 Å². The normalized spacial score (nSPS) is 12.1. The lowest BCUT2D eigenvalue weighted by atomic mass is 10.3. The van der Waals surface area contributed by atoms with E-state index in [1.807, 2.05) is 20.0 Å². The van der Waals surface area contributed by atoms with Gasteiger partial charge in [0.1, 0.15) is 4.90 Å². The van der Waals surface area contributed by atoms with Crippen LogP contribution in [0.1, 0.15) is 20.8 Å². The lowest BCUT2D eigenvalue weighted by Crippen LogP contribution is -2.36. The molecule has 0 saturated heterocycles. The topological polar surface area (TPSA) is 61.4 Å². The van der Waals surface area contributed by atoms with Crippen LogP contribution >= 0.6 is 0 Å². The molecule has 0 atom stereocenters. The molecule has 0 aliphatic rings. The maximum Gasteiger partial charge on any atom is 0.242 e. The fourth-order valence-electron chi connectivity index (χ4n) is 1.73. The van der Waals surface area contributed by atoms with Crippen LogP contribution in [-0.2, 0) is 10.0 Å². The molecule has 20 heavy (non-hydrogen) atoms. The Morgan fingerprint density at radius 2 is 1.90 bits per heavy atom. The molecule has 0 aromatic heterocycles. The zero-order chi connectivity index (χ0) is 15.2. The number of sulfonamides is 1. The van der Waals surface area contributed by atoms with Crippen LogP contribution in [-0.4, -0.2) is 46.0 Å². The number of benzene rings is 1. The van der Waals surface area contributed by atoms with E-state index < -0.39 is 10.0 Å². The monoisotopic (exact) mass is 299 g/mol. The molecule has 0 heterocycles. The molecule has 0 radical (unpaired) electrons. The van der Waals surface area contributed by atoms with Gasteiger partial charge in [-0.1, -0.05) is 12.1 Å². The van der Waals surface area contributed by atoms with Gasteiger partial charge in [-0.3, -0.25) is 0 Å². The number of hydrogen-bond donors (Lipinski definition) is 2. The highest BCUT2D eigenvalue weighted by molar-refractivity contribution is 7.89. The summed E-state index contributed by atoms with van der Waals surface area (Å²) in [5.74, 6) is 0. The van der Waals surface area contributed by atoms with Crippen molar-refractivity contribution < 1.29 is 8.42 Å². The number of likely N-dealkylation sites (N-methyl/N-ethyl adjacent to an activating group) is 1. The molecule has 6 heteroatoms. The number of nitrogens with one attached hydrogen (secondary N) is 2. The van der Waals surface area contributed by atoms with Crippen LogP contribution in [0.15, 0.2) is 29.2 Å². The molecule has 0 spiro atoms. The van der Waals surface area contributed by atoms with Gasteiger partial charge in [-0.25, -0.2) is 13.1 Å². The van der Waals surface area contributed by atoms with Gasteiger partial charge in [0.05, 0.1) is 5.69 Å². The fourth-order valence-corrected chi connectivity index (χ4v) is 2.93. The average molecular weight is 299 g/mol. The Hall–Kier alpha value is -1.11. The molecule has 0 aliphatic heterocycles. The highest BCUT2D eigenvalue weighted by Gasteiger charge is 2.17. The molecule has 2 N–H and O–H groups in total. The van der Waals surface area contributed by atoms with E-state index in [0.29, 0.717) is 36.3 Å². The van der Waals surface area contributed by atoms with E-state index in [2.05, 4.69) is 28.8 Å². The van der Waals surface area contributed by atoms with E-state index in [-0.39, 0.29) is 0 Å². The molecule has 1 aromatic carbocycles. The van der Waals surface area contributed by atoms with Crippen molar-refractivity contribution in [3.8, 4) is 0 Å². The summed E-state index contributed by atoms with van der Waals surface area (Å²) in [7, 11) is -1.50. The molecular weight excluding hydrogens is 274 g/mol. The summed E-state index contributed by atoms with van der Waals surface area (Å²) in [5, 5.41) is 3.07. The Balaban J connectivity index is 2.74. The van der Waals surface area contributed by atoms with Gasteiger partial charge in [-0.2, -0.15) is 0 Å². The van der Waals surface area contributed by atoms with Crippen molar-refractivity contribution in [2.24, 2.45) is 0 Å². The number of anilines is 1. The van der Waals surface area contributed by atoms with Crippen LogP contribution in [0, 0.1) is 0 Å². The second kappa shape index (κ2) is 7.61. The summed E-state index contributed by atoms with van der Waals surface area (Å²) in [6.45, 7) is 7.86. The summed E-state index contributed by atoms with van der Waals surface area (Å²) in [4.78, 5) is 2.40. The third-order valence-electron chi connectivity index (χ3n) is 3.18. The summed E-state index contributed by atoms with van der Waals surface area (Å²) < 4.78 is 27.3. The highest BCUT2D eigenvalue weighted by Crippen LogP contribution is 2.20. The first-order chi connectivity index (χ1) is 9.38. The minimum Gasteiger partial charge on any atom is -0.384 e. The first-order valence-electron chi connectivity index (χ1n) is 6.91. The summed E-state index contributed by atoms with van der Waals surface area (Å²) >= 11 is 0. The van der Waals surface area contributed by atoms with E-state index in [1.165, 1.54) is 0 Å². The van der Waals surface area contributed by atoms with Gasteiger partial charge in [-0.05, 0) is 40.0 Å². The Morgan fingerprint density at radius 3 is 2.50 bits per heavy atom. The summed E-state index contributed by atoms with van der Waals surface area (Å²) in [5.41, 5.74) is 0.639. The fraction of sp³-hybridized carbons (Fsp3) is 0.571. The Bertz CT molecular complexity index is 515. The van der Waals surface area contributed by atoms with Gasteiger partial charge in [-0.15, -0.1) is 0 Å². The Kier molecular flexibility index (Phi) is 6.45. The molecule has 114 valence electrons. The zero-order valence-corrected chi connectivity index (χ0v) is 13.5. The number of hydrogen-bond acceptors (Lipinski definition) is 4. The molecule has 0 fully saturated rings. The SMILES string of the molecule is CCNc1ccccc1S(=O)(=O)NCCN(C)C(C)C. The smallest absolute Gasteiger partial charge is 0.242 e. The molecule has 5 nitrogen and oxygen atoms in total. The molecule has 0 amide bonds. The van der Waals surface area contributed by atoms with E-state index in [4.69, 9.17) is 0 Å². The van der Waals surface area contributed by atoms with Crippen molar-refractivity contribution in [1.29, 1.82) is 0 Å². The Morgan fingerprint density at radius 1 is 1.25 bits per heavy atom. The van der Waals surface area contributed by atoms with Crippen LogP contribution in [0.3, 0.4) is 0 Å². The van der Waals surface area contributed by atoms with Gasteiger partial charge < -0.3 is 10.2 Å². The van der Waals surface area contributed by atoms with Crippen LogP contribution in [0.2, 0.25) is 0 Å². The molecular formula is C14H25N3O2S. The average Bonchev–Trinajstić information content (AvgIpc) is 2.39. The zero-order valence-electron chi connectivity index (χ0n) is 12.7. The maximum atomic E-state index is 12.3. The molecule has 1 aromatic rings. The first-order valence-corrected chi connectivity index (χ1v) is 8.39. The largest absolute Gasteiger partial charge is 0.384 e. The molecule has 0 unspecified atom stereocenters. The number of rotatable bonds is 8. The van der Waals surface area contributed by atoms with Gasteiger partial charge in [0, 0.05) is 25.7 Å². The minimum atomic E-state index is -3.47.